The van der Waals surface area contributed by atoms with Crippen LogP contribution in [0.15, 0.2) is 47.4 Å². The molecule has 0 amide bonds. The molecule has 2 aromatic rings. The van der Waals surface area contributed by atoms with Crippen LogP contribution in [-0.4, -0.2) is 20.0 Å². The molecule has 0 saturated heterocycles. The fourth-order valence-corrected chi connectivity index (χ4v) is 1.84. The van der Waals surface area contributed by atoms with Crippen molar-refractivity contribution in [3.63, 3.8) is 0 Å². The van der Waals surface area contributed by atoms with Crippen molar-refractivity contribution in [3.8, 4) is 0 Å². The van der Waals surface area contributed by atoms with Crippen LogP contribution in [0, 0.1) is 0 Å². The van der Waals surface area contributed by atoms with E-state index in [1.807, 2.05) is 18.2 Å². The molecule has 0 aliphatic carbocycles. The molecule has 0 aliphatic rings. The Bertz CT molecular complexity index is 579. The van der Waals surface area contributed by atoms with Gasteiger partial charge in [0.2, 0.25) is 0 Å². The molecule has 4 nitrogen and oxygen atoms in total. The molecule has 0 atom stereocenters. The standard InChI is InChI=1S/C10H8O3S.CH5N/c11-14(12,13)10-6-5-8-3-1-2-4-9(8)7-10;1-2/h1-7H,(H,11,12,13);2H2,1H3. The second-order valence-corrected chi connectivity index (χ2v) is 4.41. The molecular weight excluding hydrogens is 226 g/mol. The van der Waals surface area contributed by atoms with E-state index in [1.54, 1.807) is 12.1 Å². The Morgan fingerprint density at radius 1 is 1.00 bits per heavy atom. The van der Waals surface area contributed by atoms with Crippen molar-refractivity contribution < 1.29 is 13.0 Å². The molecule has 0 saturated carbocycles. The van der Waals surface area contributed by atoms with Gasteiger partial charge >= 0.3 is 0 Å². The van der Waals surface area contributed by atoms with Crippen LogP contribution in [0.2, 0.25) is 0 Å². The van der Waals surface area contributed by atoms with Crippen LogP contribution in [0.25, 0.3) is 10.8 Å². The van der Waals surface area contributed by atoms with Gasteiger partial charge in [0.15, 0.2) is 0 Å². The third kappa shape index (κ3) is 2.79. The van der Waals surface area contributed by atoms with Gasteiger partial charge in [-0.2, -0.15) is 8.42 Å². The predicted molar refractivity (Wildman–Crippen MR) is 63.9 cm³/mol. The van der Waals surface area contributed by atoms with Crippen LogP contribution < -0.4 is 5.73 Å². The fourth-order valence-electron chi connectivity index (χ4n) is 1.33. The number of nitrogens with two attached hydrogens (primary N) is 1. The van der Waals surface area contributed by atoms with E-state index < -0.39 is 10.1 Å². The maximum atomic E-state index is 10.8. The molecule has 0 bridgehead atoms. The third-order valence-electron chi connectivity index (χ3n) is 2.02. The molecule has 3 N–H and O–H groups in total. The zero-order valence-corrected chi connectivity index (χ0v) is 9.61. The van der Waals surface area contributed by atoms with Gasteiger partial charge in [0.1, 0.15) is 0 Å². The minimum absolute atomic E-state index is 0.0730. The van der Waals surface area contributed by atoms with Crippen LogP contribution in [0.3, 0.4) is 0 Å². The van der Waals surface area contributed by atoms with Gasteiger partial charge in [0.05, 0.1) is 4.90 Å². The zero-order valence-electron chi connectivity index (χ0n) is 8.79. The van der Waals surface area contributed by atoms with E-state index in [0.717, 1.165) is 10.8 Å². The first-order valence-corrected chi connectivity index (χ1v) is 6.05. The molecule has 16 heavy (non-hydrogen) atoms. The minimum Gasteiger partial charge on any atom is -0.333 e. The Balaban J connectivity index is 0.000000606. The summed E-state index contributed by atoms with van der Waals surface area (Å²) in [6.45, 7) is 0. The van der Waals surface area contributed by atoms with Crippen molar-refractivity contribution in [3.05, 3.63) is 42.5 Å². The van der Waals surface area contributed by atoms with Crippen molar-refractivity contribution in [2.24, 2.45) is 5.73 Å². The summed E-state index contributed by atoms with van der Waals surface area (Å²) >= 11 is 0. The second kappa shape index (κ2) is 5.07. The summed E-state index contributed by atoms with van der Waals surface area (Å²) in [6.07, 6.45) is 0. The van der Waals surface area contributed by atoms with Crippen LogP contribution >= 0.6 is 0 Å². The van der Waals surface area contributed by atoms with Gasteiger partial charge in [-0.15, -0.1) is 0 Å². The summed E-state index contributed by atoms with van der Waals surface area (Å²) < 4.78 is 30.5. The van der Waals surface area contributed by atoms with Crippen LogP contribution in [0.1, 0.15) is 0 Å². The highest BCUT2D eigenvalue weighted by molar-refractivity contribution is 7.85. The topological polar surface area (TPSA) is 80.4 Å². The molecule has 0 aromatic heterocycles. The van der Waals surface area contributed by atoms with E-state index in [0.29, 0.717) is 0 Å². The molecule has 0 radical (unpaired) electrons. The highest BCUT2D eigenvalue weighted by atomic mass is 32.2. The van der Waals surface area contributed by atoms with Crippen molar-refractivity contribution in [2.75, 3.05) is 7.05 Å². The lowest BCUT2D eigenvalue weighted by atomic mass is 10.1. The second-order valence-electron chi connectivity index (χ2n) is 2.98. The largest absolute Gasteiger partial charge is 0.333 e. The molecule has 2 aromatic carbocycles. The van der Waals surface area contributed by atoms with E-state index >= 15 is 0 Å². The van der Waals surface area contributed by atoms with E-state index in [1.165, 1.54) is 19.2 Å². The summed E-state index contributed by atoms with van der Waals surface area (Å²) in [7, 11) is -2.59. The first kappa shape index (κ1) is 12.6. The van der Waals surface area contributed by atoms with Gasteiger partial charge in [0.25, 0.3) is 10.1 Å². The first-order valence-electron chi connectivity index (χ1n) is 4.61. The van der Waals surface area contributed by atoms with E-state index in [-0.39, 0.29) is 4.90 Å². The van der Waals surface area contributed by atoms with Gasteiger partial charge in [-0.3, -0.25) is 4.55 Å². The van der Waals surface area contributed by atoms with Gasteiger partial charge in [-0.05, 0) is 30.0 Å². The molecular formula is C11H13NO3S. The Hall–Kier alpha value is -1.43. The smallest absolute Gasteiger partial charge is 0.294 e. The quantitative estimate of drug-likeness (QED) is 0.742. The Kier molecular flexibility index (Phi) is 4.00. The number of hydrogen-bond donors (Lipinski definition) is 2. The van der Waals surface area contributed by atoms with Crippen molar-refractivity contribution in [1.29, 1.82) is 0 Å². The van der Waals surface area contributed by atoms with Crippen LogP contribution in [0.4, 0.5) is 0 Å². The summed E-state index contributed by atoms with van der Waals surface area (Å²) in [6, 6.07) is 11.9. The monoisotopic (exact) mass is 239 g/mol. The van der Waals surface area contributed by atoms with Gasteiger partial charge < -0.3 is 5.73 Å². The molecule has 2 rings (SSSR count). The molecule has 0 unspecified atom stereocenters. The summed E-state index contributed by atoms with van der Waals surface area (Å²) in [5.74, 6) is 0. The summed E-state index contributed by atoms with van der Waals surface area (Å²) in [5.41, 5.74) is 4.50. The average molecular weight is 239 g/mol. The van der Waals surface area contributed by atoms with Crippen LogP contribution in [0.5, 0.6) is 0 Å². The van der Waals surface area contributed by atoms with Crippen molar-refractivity contribution >= 4 is 20.9 Å². The highest BCUT2D eigenvalue weighted by Crippen LogP contribution is 2.18. The molecule has 5 heteroatoms. The number of fused-ring (bicyclic) bond motifs is 1. The zero-order chi connectivity index (χ0) is 12.2. The highest BCUT2D eigenvalue weighted by Gasteiger charge is 2.08. The molecule has 0 aliphatic heterocycles. The van der Waals surface area contributed by atoms with Crippen LogP contribution in [-0.2, 0) is 10.1 Å². The van der Waals surface area contributed by atoms with E-state index in [9.17, 15) is 8.42 Å². The first-order chi connectivity index (χ1) is 7.57. The normalized spacial score (nSPS) is 10.7. The predicted octanol–water partition coefficient (Wildman–Crippen LogP) is 1.66. The van der Waals surface area contributed by atoms with Crippen molar-refractivity contribution in [2.45, 2.75) is 4.90 Å². The van der Waals surface area contributed by atoms with Gasteiger partial charge in [-0.25, -0.2) is 0 Å². The van der Waals surface area contributed by atoms with Crippen molar-refractivity contribution in [1.82, 2.24) is 0 Å². The molecule has 0 heterocycles. The number of rotatable bonds is 1. The minimum atomic E-state index is -4.09. The maximum Gasteiger partial charge on any atom is 0.294 e. The van der Waals surface area contributed by atoms with Gasteiger partial charge in [0, 0.05) is 0 Å². The summed E-state index contributed by atoms with van der Waals surface area (Å²) in [4.78, 5) is -0.0730. The Morgan fingerprint density at radius 2 is 1.56 bits per heavy atom. The third-order valence-corrected chi connectivity index (χ3v) is 2.87. The number of benzene rings is 2. The maximum absolute atomic E-state index is 10.8. The van der Waals surface area contributed by atoms with E-state index in [4.69, 9.17) is 4.55 Å². The lowest BCUT2D eigenvalue weighted by Gasteiger charge is -1.99. The van der Waals surface area contributed by atoms with E-state index in [2.05, 4.69) is 5.73 Å². The molecule has 86 valence electrons. The SMILES string of the molecule is CN.O=S(=O)(O)c1ccc2ccccc2c1. The van der Waals surface area contributed by atoms with Gasteiger partial charge in [-0.1, -0.05) is 30.3 Å². The average Bonchev–Trinajstić information content (AvgIpc) is 2.30. The lowest BCUT2D eigenvalue weighted by molar-refractivity contribution is 0.483. The lowest BCUT2D eigenvalue weighted by Crippen LogP contribution is -1.97. The molecule has 0 fully saturated rings. The number of hydrogen-bond acceptors (Lipinski definition) is 3. The molecule has 0 spiro atoms. The Labute approximate surface area is 94.5 Å². The summed E-state index contributed by atoms with van der Waals surface area (Å²) in [5, 5.41) is 1.74. The Morgan fingerprint density at radius 3 is 2.12 bits per heavy atom. The fraction of sp³-hybridized carbons (Fsp3) is 0.0909.